The summed E-state index contributed by atoms with van der Waals surface area (Å²) in [5.74, 6) is 1.44. The quantitative estimate of drug-likeness (QED) is 0.937. The van der Waals surface area contributed by atoms with Crippen molar-refractivity contribution >= 4 is 17.2 Å². The normalized spacial score (nSPS) is 26.0. The highest BCUT2D eigenvalue weighted by molar-refractivity contribution is 7.11. The van der Waals surface area contributed by atoms with Gasteiger partial charge in [0.05, 0.1) is 0 Å². The van der Waals surface area contributed by atoms with Crippen molar-refractivity contribution in [2.45, 2.75) is 18.9 Å². The predicted octanol–water partition coefficient (Wildman–Crippen LogP) is 2.76. The van der Waals surface area contributed by atoms with Gasteiger partial charge in [-0.3, -0.25) is 4.79 Å². The highest BCUT2D eigenvalue weighted by Gasteiger charge is 2.32. The Labute approximate surface area is 139 Å². The number of carbonyl (C=O) groups excluding carboxylic acids is 1. The summed E-state index contributed by atoms with van der Waals surface area (Å²) in [5.41, 5.74) is 0.671. The van der Waals surface area contributed by atoms with E-state index in [0.717, 1.165) is 18.9 Å². The molecule has 23 heavy (non-hydrogen) atoms. The number of carbonyl (C=O) groups is 1. The van der Waals surface area contributed by atoms with Gasteiger partial charge in [0.2, 0.25) is 0 Å². The van der Waals surface area contributed by atoms with E-state index in [4.69, 9.17) is 4.74 Å². The van der Waals surface area contributed by atoms with Gasteiger partial charge in [-0.15, -0.1) is 0 Å². The first-order valence-corrected chi connectivity index (χ1v) is 8.85. The van der Waals surface area contributed by atoms with Crippen LogP contribution in [0.4, 0.5) is 0 Å². The number of piperidine rings is 1. The Balaban J connectivity index is 1.36. The van der Waals surface area contributed by atoms with Crippen LogP contribution in [0.2, 0.25) is 0 Å². The van der Waals surface area contributed by atoms with Crippen LogP contribution in [-0.2, 0) is 0 Å². The Morgan fingerprint density at radius 1 is 1.30 bits per heavy atom. The Morgan fingerprint density at radius 3 is 2.91 bits per heavy atom. The third-order valence-electron chi connectivity index (χ3n) is 4.53. The lowest BCUT2D eigenvalue weighted by molar-refractivity contribution is 0.0909. The van der Waals surface area contributed by atoms with Crippen LogP contribution in [0.25, 0.3) is 0 Å². The van der Waals surface area contributed by atoms with E-state index in [1.807, 2.05) is 17.5 Å². The number of ether oxygens (including phenoxy) is 1. The van der Waals surface area contributed by atoms with Crippen LogP contribution in [0.3, 0.4) is 0 Å². The molecule has 120 valence electrons. The van der Waals surface area contributed by atoms with Crippen molar-refractivity contribution in [3.63, 3.8) is 0 Å². The van der Waals surface area contributed by atoms with Crippen molar-refractivity contribution in [1.82, 2.24) is 15.2 Å². The van der Waals surface area contributed by atoms with Crippen LogP contribution < -0.4 is 10.1 Å². The molecule has 2 saturated heterocycles. The molecule has 1 aromatic carbocycles. The van der Waals surface area contributed by atoms with Gasteiger partial charge >= 0.3 is 0 Å². The van der Waals surface area contributed by atoms with Crippen LogP contribution in [0, 0.1) is 5.92 Å². The molecule has 1 N–H and O–H groups in total. The van der Waals surface area contributed by atoms with Gasteiger partial charge < -0.3 is 15.0 Å². The van der Waals surface area contributed by atoms with Crippen molar-refractivity contribution in [1.29, 1.82) is 0 Å². The summed E-state index contributed by atoms with van der Waals surface area (Å²) in [6.45, 7) is 3.36. The zero-order valence-electron chi connectivity index (χ0n) is 12.8. The first-order valence-electron chi connectivity index (χ1n) is 7.97. The van der Waals surface area contributed by atoms with Crippen molar-refractivity contribution in [3.05, 3.63) is 41.4 Å². The van der Waals surface area contributed by atoms with Crippen molar-refractivity contribution in [3.8, 4) is 10.9 Å². The zero-order valence-corrected chi connectivity index (χ0v) is 13.6. The number of amides is 1. The lowest BCUT2D eigenvalue weighted by Crippen LogP contribution is -2.46. The molecule has 4 rings (SSSR count). The molecule has 3 atom stereocenters. The van der Waals surface area contributed by atoms with Gasteiger partial charge in [-0.1, -0.05) is 11.3 Å². The van der Waals surface area contributed by atoms with Crippen LogP contribution in [-0.4, -0.2) is 41.5 Å². The van der Waals surface area contributed by atoms with E-state index in [9.17, 15) is 4.79 Å². The number of fused-ring (bicyclic) bond motifs is 2. The largest absolute Gasteiger partial charge is 0.431 e. The average molecular weight is 329 g/mol. The molecule has 6 heteroatoms. The second-order valence-electron chi connectivity index (χ2n) is 6.24. The van der Waals surface area contributed by atoms with Gasteiger partial charge in [0, 0.05) is 36.3 Å². The molecule has 2 bridgehead atoms. The summed E-state index contributed by atoms with van der Waals surface area (Å²) in [4.78, 5) is 18.9. The summed E-state index contributed by atoms with van der Waals surface area (Å²) < 4.78 is 5.61. The van der Waals surface area contributed by atoms with E-state index in [2.05, 4.69) is 15.2 Å². The molecule has 1 amide bonds. The van der Waals surface area contributed by atoms with Crippen LogP contribution in [0.5, 0.6) is 10.9 Å². The smallest absolute Gasteiger partial charge is 0.278 e. The lowest BCUT2D eigenvalue weighted by Gasteiger charge is -2.30. The molecule has 0 spiro atoms. The van der Waals surface area contributed by atoms with Crippen molar-refractivity contribution in [2.24, 2.45) is 5.92 Å². The zero-order chi connectivity index (χ0) is 15.6. The second-order valence-corrected chi connectivity index (χ2v) is 7.10. The highest BCUT2D eigenvalue weighted by atomic mass is 32.1. The summed E-state index contributed by atoms with van der Waals surface area (Å²) in [6, 6.07) is 7.50. The maximum absolute atomic E-state index is 12.4. The standard InChI is InChI=1S/C17H19N3O2S/c21-16(19-14-9-12-5-7-20(10-12)11-14)13-1-3-15(4-2-13)22-17-18-6-8-23-17/h1-4,6,8,12,14H,5,7,9-11H2,(H,19,21). The molecule has 3 heterocycles. The monoisotopic (exact) mass is 329 g/mol. The first kappa shape index (κ1) is 14.7. The van der Waals surface area contributed by atoms with Gasteiger partial charge in [-0.25, -0.2) is 4.98 Å². The molecule has 1 aromatic heterocycles. The van der Waals surface area contributed by atoms with E-state index >= 15 is 0 Å². The minimum atomic E-state index is -0.00158. The second kappa shape index (κ2) is 6.29. The fourth-order valence-electron chi connectivity index (χ4n) is 3.47. The number of hydrogen-bond acceptors (Lipinski definition) is 5. The fourth-order valence-corrected chi connectivity index (χ4v) is 3.97. The fraction of sp³-hybridized carbons (Fsp3) is 0.412. The van der Waals surface area contributed by atoms with Gasteiger partial charge in [0.25, 0.3) is 11.1 Å². The van der Waals surface area contributed by atoms with Crippen LogP contribution in [0.15, 0.2) is 35.8 Å². The molecule has 5 nitrogen and oxygen atoms in total. The van der Waals surface area contributed by atoms with E-state index in [1.165, 1.54) is 30.8 Å². The molecule has 0 radical (unpaired) electrons. The van der Waals surface area contributed by atoms with Gasteiger partial charge in [-0.05, 0) is 49.6 Å². The lowest BCUT2D eigenvalue weighted by atomic mass is 9.96. The summed E-state index contributed by atoms with van der Waals surface area (Å²) in [5, 5.41) is 5.64. The molecule has 0 aliphatic carbocycles. The molecule has 2 fully saturated rings. The molecular weight excluding hydrogens is 310 g/mol. The number of benzene rings is 1. The highest BCUT2D eigenvalue weighted by Crippen LogP contribution is 2.27. The molecule has 2 aliphatic rings. The van der Waals surface area contributed by atoms with Gasteiger partial charge in [0.15, 0.2) is 0 Å². The average Bonchev–Trinajstić information content (AvgIpc) is 3.18. The number of nitrogens with one attached hydrogen (secondary N) is 1. The van der Waals surface area contributed by atoms with Gasteiger partial charge in [-0.2, -0.15) is 0 Å². The number of rotatable bonds is 4. The SMILES string of the molecule is O=C(NC1CC2CCN(C2)C1)c1ccc(Oc2nccs2)cc1. The topological polar surface area (TPSA) is 54.5 Å². The summed E-state index contributed by atoms with van der Waals surface area (Å²) in [6.07, 6.45) is 4.08. The van der Waals surface area contributed by atoms with Crippen LogP contribution in [0.1, 0.15) is 23.2 Å². The maximum Gasteiger partial charge on any atom is 0.278 e. The number of thiazole rings is 1. The van der Waals surface area contributed by atoms with Crippen molar-refractivity contribution in [2.75, 3.05) is 19.6 Å². The minimum absolute atomic E-state index is 0.00158. The van der Waals surface area contributed by atoms with E-state index in [0.29, 0.717) is 16.5 Å². The van der Waals surface area contributed by atoms with E-state index in [-0.39, 0.29) is 11.9 Å². The Bertz CT molecular complexity index is 660. The summed E-state index contributed by atoms with van der Waals surface area (Å²) in [7, 11) is 0. The Hall–Kier alpha value is -1.92. The molecule has 2 aromatic rings. The maximum atomic E-state index is 12.4. The molecule has 3 unspecified atom stereocenters. The number of hydrogen-bond donors (Lipinski definition) is 1. The van der Waals surface area contributed by atoms with E-state index in [1.54, 1.807) is 18.3 Å². The third-order valence-corrected chi connectivity index (χ3v) is 5.18. The third kappa shape index (κ3) is 3.38. The molecule has 2 aliphatic heterocycles. The van der Waals surface area contributed by atoms with E-state index < -0.39 is 0 Å². The minimum Gasteiger partial charge on any atom is -0.431 e. The first-order chi connectivity index (χ1) is 11.3. The number of aromatic nitrogens is 1. The van der Waals surface area contributed by atoms with Crippen LogP contribution >= 0.6 is 11.3 Å². The number of nitrogens with zero attached hydrogens (tertiary/aromatic N) is 2. The van der Waals surface area contributed by atoms with Gasteiger partial charge in [0.1, 0.15) is 5.75 Å². The molecular formula is C17H19N3O2S. The summed E-state index contributed by atoms with van der Waals surface area (Å²) >= 11 is 1.44. The molecule has 0 saturated carbocycles. The van der Waals surface area contributed by atoms with Crippen molar-refractivity contribution < 1.29 is 9.53 Å². The Morgan fingerprint density at radius 2 is 2.17 bits per heavy atom. The predicted molar refractivity (Wildman–Crippen MR) is 89.0 cm³/mol. The Kier molecular flexibility index (Phi) is 4.01.